The molecule has 2 aromatic rings. The Morgan fingerprint density at radius 2 is 2.12 bits per heavy atom. The summed E-state index contributed by atoms with van der Waals surface area (Å²) < 4.78 is 1.82. The molecule has 86 valence electrons. The van der Waals surface area contributed by atoms with Gasteiger partial charge in [0, 0.05) is 11.2 Å². The summed E-state index contributed by atoms with van der Waals surface area (Å²) in [7, 11) is 0. The standard InChI is InChI=1S/C13H12ClN3/c1-10-8-16-17(9-10)13(6-7-15)11-2-4-12(14)5-3-11/h2-5,8-9,13H,6H2,1H3. The first kappa shape index (κ1) is 11.7. The van der Waals surface area contributed by atoms with Crippen molar-refractivity contribution in [3.8, 4) is 6.07 Å². The van der Waals surface area contributed by atoms with Gasteiger partial charge in [-0.2, -0.15) is 10.4 Å². The smallest absolute Gasteiger partial charge is 0.0898 e. The average molecular weight is 246 g/mol. The lowest BCUT2D eigenvalue weighted by molar-refractivity contribution is 0.532. The van der Waals surface area contributed by atoms with E-state index in [1.165, 1.54) is 0 Å². The van der Waals surface area contributed by atoms with Gasteiger partial charge >= 0.3 is 0 Å². The van der Waals surface area contributed by atoms with Gasteiger partial charge in [-0.3, -0.25) is 4.68 Å². The molecule has 4 heteroatoms. The van der Waals surface area contributed by atoms with Crippen LogP contribution in [0.5, 0.6) is 0 Å². The molecule has 3 nitrogen and oxygen atoms in total. The molecular weight excluding hydrogens is 234 g/mol. The number of hydrogen-bond acceptors (Lipinski definition) is 2. The second kappa shape index (κ2) is 5.03. The van der Waals surface area contributed by atoms with Crippen LogP contribution in [0.4, 0.5) is 0 Å². The monoisotopic (exact) mass is 245 g/mol. The Balaban J connectivity index is 2.35. The predicted octanol–water partition coefficient (Wildman–Crippen LogP) is 3.35. The first-order chi connectivity index (χ1) is 8.20. The molecule has 1 aromatic carbocycles. The molecule has 0 radical (unpaired) electrons. The third-order valence-corrected chi connectivity index (χ3v) is 2.84. The van der Waals surface area contributed by atoms with Gasteiger partial charge in [0.1, 0.15) is 0 Å². The maximum atomic E-state index is 8.90. The van der Waals surface area contributed by atoms with Crippen molar-refractivity contribution >= 4 is 11.6 Å². The predicted molar refractivity (Wildman–Crippen MR) is 66.8 cm³/mol. The Bertz CT molecular complexity index is 537. The van der Waals surface area contributed by atoms with Crippen molar-refractivity contribution in [2.75, 3.05) is 0 Å². The van der Waals surface area contributed by atoms with Crippen LogP contribution in [0.25, 0.3) is 0 Å². The van der Waals surface area contributed by atoms with Crippen LogP contribution in [-0.4, -0.2) is 9.78 Å². The molecule has 1 unspecified atom stereocenters. The van der Waals surface area contributed by atoms with Gasteiger partial charge in [-0.1, -0.05) is 23.7 Å². The molecule has 1 atom stereocenters. The Hall–Kier alpha value is -1.79. The normalized spacial score (nSPS) is 12.1. The lowest BCUT2D eigenvalue weighted by Crippen LogP contribution is -2.10. The molecule has 0 saturated carbocycles. The number of aromatic nitrogens is 2. The quantitative estimate of drug-likeness (QED) is 0.832. The fraction of sp³-hybridized carbons (Fsp3) is 0.231. The third-order valence-electron chi connectivity index (χ3n) is 2.59. The summed E-state index contributed by atoms with van der Waals surface area (Å²) >= 11 is 5.86. The first-order valence-electron chi connectivity index (χ1n) is 5.34. The number of halogens is 1. The van der Waals surface area contributed by atoms with Crippen molar-refractivity contribution in [1.82, 2.24) is 9.78 Å². The highest BCUT2D eigenvalue weighted by Crippen LogP contribution is 2.23. The summed E-state index contributed by atoms with van der Waals surface area (Å²) in [4.78, 5) is 0. The minimum Gasteiger partial charge on any atom is -0.264 e. The van der Waals surface area contributed by atoms with E-state index in [1.807, 2.05) is 42.1 Å². The van der Waals surface area contributed by atoms with Crippen molar-refractivity contribution in [1.29, 1.82) is 5.26 Å². The van der Waals surface area contributed by atoms with Gasteiger partial charge in [0.25, 0.3) is 0 Å². The van der Waals surface area contributed by atoms with Crippen molar-refractivity contribution in [2.24, 2.45) is 0 Å². The van der Waals surface area contributed by atoms with Crippen LogP contribution in [0.2, 0.25) is 5.02 Å². The number of nitrogens with zero attached hydrogens (tertiary/aromatic N) is 3. The zero-order valence-electron chi connectivity index (χ0n) is 9.47. The number of rotatable bonds is 3. The van der Waals surface area contributed by atoms with Crippen LogP contribution in [0.15, 0.2) is 36.7 Å². The maximum Gasteiger partial charge on any atom is 0.0898 e. The Labute approximate surface area is 105 Å². The second-order valence-electron chi connectivity index (χ2n) is 3.93. The molecule has 2 rings (SSSR count). The summed E-state index contributed by atoms with van der Waals surface area (Å²) in [6.45, 7) is 1.98. The lowest BCUT2D eigenvalue weighted by atomic mass is 10.0. The minimum absolute atomic E-state index is 0.0500. The molecule has 0 aliphatic heterocycles. The number of aryl methyl sites for hydroxylation is 1. The number of benzene rings is 1. The first-order valence-corrected chi connectivity index (χ1v) is 5.71. The van der Waals surface area contributed by atoms with Crippen LogP contribution in [-0.2, 0) is 0 Å². The number of nitriles is 1. The summed E-state index contributed by atoms with van der Waals surface area (Å²) in [6, 6.07) is 9.67. The molecule has 1 aromatic heterocycles. The van der Waals surface area contributed by atoms with E-state index in [0.29, 0.717) is 11.4 Å². The van der Waals surface area contributed by atoms with E-state index in [-0.39, 0.29) is 6.04 Å². The van der Waals surface area contributed by atoms with E-state index in [0.717, 1.165) is 11.1 Å². The SMILES string of the molecule is Cc1cnn(C(CC#N)c2ccc(Cl)cc2)c1. The van der Waals surface area contributed by atoms with E-state index >= 15 is 0 Å². The van der Waals surface area contributed by atoms with Crippen LogP contribution in [0, 0.1) is 18.3 Å². The minimum atomic E-state index is -0.0500. The van der Waals surface area contributed by atoms with Crippen LogP contribution in [0.3, 0.4) is 0 Å². The summed E-state index contributed by atoms with van der Waals surface area (Å²) in [6.07, 6.45) is 4.12. The molecule has 17 heavy (non-hydrogen) atoms. The summed E-state index contributed by atoms with van der Waals surface area (Å²) in [5.74, 6) is 0. The highest BCUT2D eigenvalue weighted by Gasteiger charge is 2.14. The topological polar surface area (TPSA) is 41.6 Å². The van der Waals surface area contributed by atoms with Crippen molar-refractivity contribution in [2.45, 2.75) is 19.4 Å². The van der Waals surface area contributed by atoms with E-state index in [9.17, 15) is 0 Å². The highest BCUT2D eigenvalue weighted by molar-refractivity contribution is 6.30. The van der Waals surface area contributed by atoms with E-state index in [2.05, 4.69) is 11.2 Å². The molecule has 1 heterocycles. The fourth-order valence-corrected chi connectivity index (χ4v) is 1.86. The van der Waals surface area contributed by atoms with Gasteiger partial charge in [0.15, 0.2) is 0 Å². The summed E-state index contributed by atoms with van der Waals surface area (Å²) in [5, 5.41) is 13.9. The van der Waals surface area contributed by atoms with Gasteiger partial charge in [0.2, 0.25) is 0 Å². The molecule has 0 fully saturated rings. The van der Waals surface area contributed by atoms with E-state index in [4.69, 9.17) is 16.9 Å². The molecule has 0 amide bonds. The number of hydrogen-bond donors (Lipinski definition) is 0. The molecule has 0 bridgehead atoms. The molecule has 0 N–H and O–H groups in total. The van der Waals surface area contributed by atoms with Gasteiger partial charge < -0.3 is 0 Å². The highest BCUT2D eigenvalue weighted by atomic mass is 35.5. The summed E-state index contributed by atoms with van der Waals surface area (Å²) in [5.41, 5.74) is 2.13. The van der Waals surface area contributed by atoms with E-state index < -0.39 is 0 Å². The third kappa shape index (κ3) is 2.66. The molecule has 0 spiro atoms. The molecular formula is C13H12ClN3. The fourth-order valence-electron chi connectivity index (χ4n) is 1.74. The average Bonchev–Trinajstić information content (AvgIpc) is 2.74. The van der Waals surface area contributed by atoms with Crippen LogP contribution in [0.1, 0.15) is 23.6 Å². The zero-order chi connectivity index (χ0) is 12.3. The van der Waals surface area contributed by atoms with Gasteiger partial charge in [-0.05, 0) is 30.2 Å². The van der Waals surface area contributed by atoms with E-state index in [1.54, 1.807) is 6.20 Å². The molecule has 0 aliphatic rings. The largest absolute Gasteiger partial charge is 0.264 e. The Kier molecular flexibility index (Phi) is 3.46. The molecule has 0 saturated heterocycles. The lowest BCUT2D eigenvalue weighted by Gasteiger charge is -2.14. The van der Waals surface area contributed by atoms with Gasteiger partial charge in [-0.25, -0.2) is 0 Å². The van der Waals surface area contributed by atoms with Crippen LogP contribution >= 0.6 is 11.6 Å². The maximum absolute atomic E-state index is 8.90. The second-order valence-corrected chi connectivity index (χ2v) is 4.36. The van der Waals surface area contributed by atoms with Crippen molar-refractivity contribution < 1.29 is 0 Å². The van der Waals surface area contributed by atoms with Crippen molar-refractivity contribution in [3.63, 3.8) is 0 Å². The Morgan fingerprint density at radius 3 is 2.65 bits per heavy atom. The van der Waals surface area contributed by atoms with Crippen LogP contribution < -0.4 is 0 Å². The van der Waals surface area contributed by atoms with Crippen molar-refractivity contribution in [3.05, 3.63) is 52.8 Å². The molecule has 0 aliphatic carbocycles. The van der Waals surface area contributed by atoms with Gasteiger partial charge in [0.05, 0.1) is 24.7 Å². The van der Waals surface area contributed by atoms with Gasteiger partial charge in [-0.15, -0.1) is 0 Å². The zero-order valence-corrected chi connectivity index (χ0v) is 10.2. The Morgan fingerprint density at radius 1 is 1.41 bits per heavy atom.